The van der Waals surface area contributed by atoms with Crippen molar-refractivity contribution in [2.45, 2.75) is 27.2 Å². The summed E-state index contributed by atoms with van der Waals surface area (Å²) in [6, 6.07) is 6.72. The zero-order valence-corrected chi connectivity index (χ0v) is 14.9. The molecule has 1 aromatic carbocycles. The Morgan fingerprint density at radius 3 is 2.57 bits per heavy atom. The molecule has 5 nitrogen and oxygen atoms in total. The Balaban J connectivity index is 2.76. The third kappa shape index (κ3) is 6.91. The molecule has 1 rings (SSSR count). The Labute approximate surface area is 142 Å². The van der Waals surface area contributed by atoms with E-state index in [1.54, 1.807) is 36.1 Å². The van der Waals surface area contributed by atoms with Crippen molar-refractivity contribution in [3.8, 4) is 0 Å². The average molecular weight is 341 g/mol. The van der Waals surface area contributed by atoms with Crippen molar-refractivity contribution in [3.05, 3.63) is 29.3 Å². The number of amides is 2. The lowest BCUT2D eigenvalue weighted by Crippen LogP contribution is -2.40. The van der Waals surface area contributed by atoms with Crippen LogP contribution in [0.25, 0.3) is 0 Å². The highest BCUT2D eigenvalue weighted by Gasteiger charge is 2.21. The van der Waals surface area contributed by atoms with Crippen LogP contribution in [0.3, 0.4) is 0 Å². The van der Waals surface area contributed by atoms with Gasteiger partial charge in [-0.25, -0.2) is 4.79 Å². The van der Waals surface area contributed by atoms with Gasteiger partial charge in [-0.1, -0.05) is 38.4 Å². The summed E-state index contributed by atoms with van der Waals surface area (Å²) in [5, 5.41) is 3.37. The Morgan fingerprint density at radius 2 is 2.00 bits per heavy atom. The van der Waals surface area contributed by atoms with E-state index in [0.717, 1.165) is 6.42 Å². The maximum absolute atomic E-state index is 12.5. The average Bonchev–Trinajstić information content (AvgIpc) is 2.49. The number of halogens is 1. The Hall–Kier alpha value is -1.75. The summed E-state index contributed by atoms with van der Waals surface area (Å²) in [5.74, 6) is -0.239. The van der Waals surface area contributed by atoms with Gasteiger partial charge in [0.15, 0.2) is 0 Å². The molecule has 0 bridgehead atoms. The van der Waals surface area contributed by atoms with Gasteiger partial charge in [0.2, 0.25) is 0 Å². The molecule has 0 spiro atoms. The Morgan fingerprint density at radius 1 is 1.30 bits per heavy atom. The van der Waals surface area contributed by atoms with Crippen molar-refractivity contribution >= 4 is 29.3 Å². The third-order valence-electron chi connectivity index (χ3n) is 3.44. The highest BCUT2D eigenvalue weighted by molar-refractivity contribution is 6.30. The second-order valence-corrected chi connectivity index (χ2v) is 6.43. The summed E-state index contributed by atoms with van der Waals surface area (Å²) in [7, 11) is 1.35. The first-order valence-corrected chi connectivity index (χ1v) is 8.10. The highest BCUT2D eigenvalue weighted by atomic mass is 35.5. The van der Waals surface area contributed by atoms with Crippen molar-refractivity contribution in [1.82, 2.24) is 4.90 Å². The van der Waals surface area contributed by atoms with E-state index in [1.807, 2.05) is 0 Å². The Bertz CT molecular complexity index is 534. The summed E-state index contributed by atoms with van der Waals surface area (Å²) in [6.07, 6.45) is 0.858. The number of hydrogen-bond acceptors (Lipinski definition) is 3. The first-order chi connectivity index (χ1) is 10.8. The molecule has 1 N–H and O–H groups in total. The minimum Gasteiger partial charge on any atom is -0.469 e. The molecule has 0 fully saturated rings. The van der Waals surface area contributed by atoms with E-state index in [9.17, 15) is 9.59 Å². The van der Waals surface area contributed by atoms with Gasteiger partial charge in [-0.15, -0.1) is 0 Å². The van der Waals surface area contributed by atoms with Gasteiger partial charge in [0.25, 0.3) is 0 Å². The molecule has 1 atom stereocenters. The van der Waals surface area contributed by atoms with Gasteiger partial charge >= 0.3 is 12.0 Å². The van der Waals surface area contributed by atoms with Crippen LogP contribution in [0, 0.1) is 11.8 Å². The molecule has 1 aromatic rings. The quantitative estimate of drug-likeness (QED) is 0.762. The summed E-state index contributed by atoms with van der Waals surface area (Å²) >= 11 is 5.93. The van der Waals surface area contributed by atoms with Crippen molar-refractivity contribution in [2.24, 2.45) is 11.8 Å². The molecule has 0 aliphatic carbocycles. The molecule has 23 heavy (non-hydrogen) atoms. The first-order valence-electron chi connectivity index (χ1n) is 7.72. The van der Waals surface area contributed by atoms with Gasteiger partial charge in [0.1, 0.15) is 0 Å². The first kappa shape index (κ1) is 19.3. The van der Waals surface area contributed by atoms with Crippen molar-refractivity contribution in [3.63, 3.8) is 0 Å². The van der Waals surface area contributed by atoms with Gasteiger partial charge in [0.05, 0.1) is 13.0 Å². The number of ether oxygens (including phenoxy) is 1. The Kier molecular flexibility index (Phi) is 7.89. The molecule has 0 saturated heterocycles. The summed E-state index contributed by atoms with van der Waals surface area (Å²) in [4.78, 5) is 25.8. The molecule has 1 unspecified atom stereocenters. The zero-order valence-electron chi connectivity index (χ0n) is 14.1. The van der Waals surface area contributed by atoms with Gasteiger partial charge in [-0.3, -0.25) is 4.79 Å². The zero-order chi connectivity index (χ0) is 17.4. The maximum Gasteiger partial charge on any atom is 0.321 e. The van der Waals surface area contributed by atoms with Gasteiger partial charge < -0.3 is 15.0 Å². The van der Waals surface area contributed by atoms with Crippen LogP contribution in [0.2, 0.25) is 5.02 Å². The van der Waals surface area contributed by atoms with E-state index < -0.39 is 0 Å². The van der Waals surface area contributed by atoms with Crippen LogP contribution in [-0.2, 0) is 9.53 Å². The number of carbonyl (C=O) groups is 2. The van der Waals surface area contributed by atoms with Gasteiger partial charge in [0, 0.05) is 23.8 Å². The minimum atomic E-state index is -0.378. The van der Waals surface area contributed by atoms with Crippen LogP contribution in [0.4, 0.5) is 10.5 Å². The molecule has 0 aromatic heterocycles. The van der Waals surface area contributed by atoms with Crippen LogP contribution >= 0.6 is 11.6 Å². The number of urea groups is 1. The molecule has 2 amide bonds. The molecule has 0 heterocycles. The van der Waals surface area contributed by atoms with E-state index >= 15 is 0 Å². The van der Waals surface area contributed by atoms with E-state index in [0.29, 0.717) is 29.7 Å². The molecule has 0 radical (unpaired) electrons. The molecule has 0 aliphatic heterocycles. The monoisotopic (exact) mass is 340 g/mol. The second-order valence-electron chi connectivity index (χ2n) is 5.99. The van der Waals surface area contributed by atoms with Crippen molar-refractivity contribution in [1.29, 1.82) is 0 Å². The summed E-state index contributed by atoms with van der Waals surface area (Å²) in [5.41, 5.74) is 0.628. The molecule has 0 aliphatic rings. The normalized spacial score (nSPS) is 11.9. The lowest BCUT2D eigenvalue weighted by atomic mass is 10.1. The second kappa shape index (κ2) is 9.40. The molecule has 128 valence electrons. The van der Waals surface area contributed by atoms with E-state index in [2.05, 4.69) is 19.2 Å². The van der Waals surface area contributed by atoms with E-state index in [1.165, 1.54) is 7.11 Å². The van der Waals surface area contributed by atoms with Gasteiger partial charge in [-0.05, 0) is 30.5 Å². The summed E-state index contributed by atoms with van der Waals surface area (Å²) < 4.78 is 4.74. The molecule has 6 heteroatoms. The largest absolute Gasteiger partial charge is 0.469 e. The van der Waals surface area contributed by atoms with E-state index in [-0.39, 0.29) is 17.9 Å². The number of benzene rings is 1. The van der Waals surface area contributed by atoms with Gasteiger partial charge in [-0.2, -0.15) is 0 Å². The number of methoxy groups -OCH3 is 1. The molecule has 0 saturated carbocycles. The lowest BCUT2D eigenvalue weighted by Gasteiger charge is -2.26. The smallest absolute Gasteiger partial charge is 0.321 e. The number of nitrogens with zero attached hydrogens (tertiary/aromatic N) is 1. The van der Waals surface area contributed by atoms with Crippen LogP contribution in [0.5, 0.6) is 0 Å². The fourth-order valence-electron chi connectivity index (χ4n) is 2.06. The molecular formula is C17H25ClN2O3. The van der Waals surface area contributed by atoms with Crippen molar-refractivity contribution in [2.75, 3.05) is 25.5 Å². The fraction of sp³-hybridized carbons (Fsp3) is 0.529. The number of carbonyl (C=O) groups excluding carboxylic acids is 2. The van der Waals surface area contributed by atoms with Crippen LogP contribution < -0.4 is 5.32 Å². The number of esters is 1. The fourth-order valence-corrected chi connectivity index (χ4v) is 2.26. The number of anilines is 1. The topological polar surface area (TPSA) is 58.6 Å². The van der Waals surface area contributed by atoms with E-state index in [4.69, 9.17) is 16.3 Å². The number of rotatable bonds is 7. The number of hydrogen-bond donors (Lipinski definition) is 1. The predicted molar refractivity (Wildman–Crippen MR) is 92.7 cm³/mol. The third-order valence-corrected chi connectivity index (χ3v) is 3.67. The number of nitrogens with one attached hydrogen (secondary N) is 1. The predicted octanol–water partition coefficient (Wildman–Crippen LogP) is 4.03. The van der Waals surface area contributed by atoms with Crippen LogP contribution in [0.1, 0.15) is 27.2 Å². The van der Waals surface area contributed by atoms with Crippen LogP contribution in [-0.4, -0.2) is 37.1 Å². The molecular weight excluding hydrogens is 316 g/mol. The standard InChI is InChI=1S/C17H25ClN2O3/c1-12(2)8-9-20(11-13(3)16(21)23-4)17(22)19-15-7-5-6-14(18)10-15/h5-7,10,12-13H,8-9,11H2,1-4H3,(H,19,22). The van der Waals surface area contributed by atoms with Crippen molar-refractivity contribution < 1.29 is 14.3 Å². The van der Waals surface area contributed by atoms with Crippen LogP contribution in [0.15, 0.2) is 24.3 Å². The highest BCUT2D eigenvalue weighted by Crippen LogP contribution is 2.16. The maximum atomic E-state index is 12.5. The minimum absolute atomic E-state index is 0.247. The lowest BCUT2D eigenvalue weighted by molar-refractivity contribution is -0.145. The SMILES string of the molecule is COC(=O)C(C)CN(CCC(C)C)C(=O)Nc1cccc(Cl)c1. The summed E-state index contributed by atoms with van der Waals surface area (Å²) in [6.45, 7) is 6.83.